The average Bonchev–Trinajstić information content (AvgIpc) is 2.48. The van der Waals surface area contributed by atoms with Crippen molar-refractivity contribution in [2.24, 2.45) is 0 Å². The third kappa shape index (κ3) is 3.37. The van der Waals surface area contributed by atoms with Gasteiger partial charge in [-0.2, -0.15) is 5.26 Å². The number of nitriles is 1. The van der Waals surface area contributed by atoms with Crippen LogP contribution >= 0.6 is 0 Å². The number of hydrogen-bond donors (Lipinski definition) is 0. The highest BCUT2D eigenvalue weighted by atomic mass is 15.1. The topological polar surface area (TPSA) is 27.0 Å². The molecule has 0 bridgehead atoms. The van der Waals surface area contributed by atoms with E-state index in [0.717, 1.165) is 11.3 Å². The molecule has 2 rings (SSSR count). The third-order valence-electron chi connectivity index (χ3n) is 2.76. The lowest BCUT2D eigenvalue weighted by atomic mass is 10.2. The van der Waals surface area contributed by atoms with Crippen LogP contribution in [0.2, 0.25) is 0 Å². The van der Waals surface area contributed by atoms with Crippen molar-refractivity contribution in [1.82, 2.24) is 0 Å². The second-order valence-corrected chi connectivity index (χ2v) is 4.15. The van der Waals surface area contributed by atoms with Crippen LogP contribution in [-0.2, 0) is 0 Å². The summed E-state index contributed by atoms with van der Waals surface area (Å²) in [6.45, 7) is 0.591. The van der Waals surface area contributed by atoms with Crippen LogP contribution in [0.3, 0.4) is 0 Å². The molecule has 0 atom stereocenters. The minimum absolute atomic E-state index is 0.591. The van der Waals surface area contributed by atoms with Crippen molar-refractivity contribution in [3.05, 3.63) is 65.7 Å². The summed E-state index contributed by atoms with van der Waals surface area (Å²) in [6, 6.07) is 19.6. The maximum absolute atomic E-state index is 9.06. The summed E-state index contributed by atoms with van der Waals surface area (Å²) >= 11 is 0. The van der Waals surface area contributed by atoms with Gasteiger partial charge in [0.25, 0.3) is 0 Å². The molecule has 2 heteroatoms. The zero-order chi connectivity index (χ0) is 13.5. The van der Waals surface area contributed by atoms with Gasteiger partial charge in [0.1, 0.15) is 6.07 Å². The van der Waals surface area contributed by atoms with E-state index < -0.39 is 0 Å². The van der Waals surface area contributed by atoms with Crippen LogP contribution in [-0.4, -0.2) is 13.6 Å². The van der Waals surface area contributed by atoms with E-state index in [1.165, 1.54) is 0 Å². The Labute approximate surface area is 113 Å². The Balaban J connectivity index is 2.09. The fourth-order valence-electron chi connectivity index (χ4n) is 1.77. The largest absolute Gasteiger partial charge is 0.362 e. The lowest BCUT2D eigenvalue weighted by molar-refractivity contribution is 1.05. The van der Waals surface area contributed by atoms with Gasteiger partial charge in [0, 0.05) is 12.6 Å². The SMILES string of the molecule is CN(CC#Cc1ccccc1)c1ccccc1C#N. The van der Waals surface area contributed by atoms with E-state index in [0.29, 0.717) is 12.1 Å². The van der Waals surface area contributed by atoms with Crippen LogP contribution in [0.5, 0.6) is 0 Å². The summed E-state index contributed by atoms with van der Waals surface area (Å²) in [4.78, 5) is 1.98. The van der Waals surface area contributed by atoms with Crippen molar-refractivity contribution in [1.29, 1.82) is 5.26 Å². The summed E-state index contributed by atoms with van der Waals surface area (Å²) < 4.78 is 0. The van der Waals surface area contributed by atoms with Crippen LogP contribution in [0.15, 0.2) is 54.6 Å². The molecule has 2 aromatic rings. The molecule has 0 aliphatic heterocycles. The molecule has 19 heavy (non-hydrogen) atoms. The van der Waals surface area contributed by atoms with E-state index >= 15 is 0 Å². The minimum atomic E-state index is 0.591. The average molecular weight is 246 g/mol. The van der Waals surface area contributed by atoms with Crippen LogP contribution in [0, 0.1) is 23.2 Å². The Morgan fingerprint density at radius 3 is 2.42 bits per heavy atom. The molecule has 0 heterocycles. The van der Waals surface area contributed by atoms with Gasteiger partial charge >= 0.3 is 0 Å². The fourth-order valence-corrected chi connectivity index (χ4v) is 1.77. The number of para-hydroxylation sites is 1. The van der Waals surface area contributed by atoms with E-state index in [-0.39, 0.29) is 0 Å². The van der Waals surface area contributed by atoms with Gasteiger partial charge in [0.05, 0.1) is 17.8 Å². The first-order chi connectivity index (χ1) is 9.31. The Morgan fingerprint density at radius 1 is 1.00 bits per heavy atom. The van der Waals surface area contributed by atoms with Crippen molar-refractivity contribution in [3.8, 4) is 17.9 Å². The minimum Gasteiger partial charge on any atom is -0.362 e. The highest BCUT2D eigenvalue weighted by Gasteiger charge is 2.04. The molecule has 0 aromatic heterocycles. The molecule has 0 aliphatic rings. The van der Waals surface area contributed by atoms with Crippen molar-refractivity contribution in [2.45, 2.75) is 0 Å². The van der Waals surface area contributed by atoms with Gasteiger partial charge in [0.2, 0.25) is 0 Å². The Hall–Kier alpha value is -2.71. The molecule has 92 valence electrons. The molecule has 2 nitrogen and oxygen atoms in total. The van der Waals surface area contributed by atoms with Gasteiger partial charge in [-0.1, -0.05) is 42.2 Å². The highest BCUT2D eigenvalue weighted by molar-refractivity contribution is 5.59. The molecule has 0 saturated carbocycles. The van der Waals surface area contributed by atoms with Crippen LogP contribution in [0.1, 0.15) is 11.1 Å². The predicted molar refractivity (Wildman–Crippen MR) is 77.7 cm³/mol. The van der Waals surface area contributed by atoms with Crippen molar-refractivity contribution >= 4 is 5.69 Å². The first-order valence-electron chi connectivity index (χ1n) is 6.05. The normalized spacial score (nSPS) is 9.05. The molecular weight excluding hydrogens is 232 g/mol. The molecule has 2 aromatic carbocycles. The fraction of sp³-hybridized carbons (Fsp3) is 0.118. The molecule has 0 radical (unpaired) electrons. The molecule has 0 fully saturated rings. The zero-order valence-electron chi connectivity index (χ0n) is 10.8. The summed E-state index contributed by atoms with van der Waals surface area (Å²) in [5, 5.41) is 9.06. The predicted octanol–water partition coefficient (Wildman–Crippen LogP) is 3.05. The molecule has 0 aliphatic carbocycles. The van der Waals surface area contributed by atoms with Crippen molar-refractivity contribution in [3.63, 3.8) is 0 Å². The van der Waals surface area contributed by atoms with Gasteiger partial charge in [0.15, 0.2) is 0 Å². The van der Waals surface area contributed by atoms with Crippen LogP contribution in [0.4, 0.5) is 5.69 Å². The molecule has 0 N–H and O–H groups in total. The quantitative estimate of drug-likeness (QED) is 0.761. The molecule has 0 unspecified atom stereocenters. The van der Waals surface area contributed by atoms with Crippen LogP contribution in [0.25, 0.3) is 0 Å². The lowest BCUT2D eigenvalue weighted by Crippen LogP contribution is -2.18. The van der Waals surface area contributed by atoms with Crippen molar-refractivity contribution in [2.75, 3.05) is 18.5 Å². The molecule has 0 saturated heterocycles. The number of hydrogen-bond acceptors (Lipinski definition) is 2. The first kappa shape index (κ1) is 12.7. The van der Waals surface area contributed by atoms with Gasteiger partial charge in [-0.15, -0.1) is 0 Å². The number of nitrogens with zero attached hydrogens (tertiary/aromatic N) is 2. The Morgan fingerprint density at radius 2 is 1.68 bits per heavy atom. The smallest absolute Gasteiger partial charge is 0.101 e. The molecular formula is C17H14N2. The second-order valence-electron chi connectivity index (χ2n) is 4.15. The van der Waals surface area contributed by atoms with Gasteiger partial charge in [-0.3, -0.25) is 0 Å². The maximum Gasteiger partial charge on any atom is 0.101 e. The van der Waals surface area contributed by atoms with E-state index in [1.807, 2.05) is 66.5 Å². The molecule has 0 amide bonds. The Kier molecular flexibility index (Phi) is 4.21. The van der Waals surface area contributed by atoms with E-state index in [4.69, 9.17) is 5.26 Å². The third-order valence-corrected chi connectivity index (χ3v) is 2.76. The second kappa shape index (κ2) is 6.28. The number of benzene rings is 2. The summed E-state index contributed by atoms with van der Waals surface area (Å²) in [7, 11) is 1.94. The van der Waals surface area contributed by atoms with E-state index in [1.54, 1.807) is 0 Å². The van der Waals surface area contributed by atoms with E-state index in [2.05, 4.69) is 17.9 Å². The maximum atomic E-state index is 9.06. The monoisotopic (exact) mass is 246 g/mol. The first-order valence-corrected chi connectivity index (χ1v) is 6.05. The summed E-state index contributed by atoms with van der Waals surface area (Å²) in [5.41, 5.74) is 2.59. The molecule has 0 spiro atoms. The standard InChI is InChI=1S/C17H14N2/c1-19(17-12-6-5-11-16(17)14-18)13-7-10-15-8-3-2-4-9-15/h2-6,8-9,11-12H,13H2,1H3. The summed E-state index contributed by atoms with van der Waals surface area (Å²) in [5.74, 6) is 6.23. The van der Waals surface area contributed by atoms with Gasteiger partial charge < -0.3 is 4.90 Å². The Bertz CT molecular complexity index is 642. The highest BCUT2D eigenvalue weighted by Crippen LogP contribution is 2.17. The van der Waals surface area contributed by atoms with Crippen LogP contribution < -0.4 is 4.90 Å². The number of rotatable bonds is 2. The van der Waals surface area contributed by atoms with Gasteiger partial charge in [-0.25, -0.2) is 0 Å². The number of anilines is 1. The van der Waals surface area contributed by atoms with Gasteiger partial charge in [-0.05, 0) is 24.3 Å². The van der Waals surface area contributed by atoms with E-state index in [9.17, 15) is 0 Å². The summed E-state index contributed by atoms with van der Waals surface area (Å²) in [6.07, 6.45) is 0. The lowest BCUT2D eigenvalue weighted by Gasteiger charge is -2.17. The van der Waals surface area contributed by atoms with Crippen molar-refractivity contribution < 1.29 is 0 Å². The zero-order valence-corrected chi connectivity index (χ0v) is 10.8.